The van der Waals surface area contributed by atoms with Gasteiger partial charge in [0.25, 0.3) is 5.91 Å². The van der Waals surface area contributed by atoms with Crippen LogP contribution in [0.1, 0.15) is 48.9 Å². The Hall–Kier alpha value is -3.64. The molecule has 6 nitrogen and oxygen atoms in total. The van der Waals surface area contributed by atoms with Crippen molar-refractivity contribution in [3.63, 3.8) is 0 Å². The van der Waals surface area contributed by atoms with Crippen LogP contribution >= 0.6 is 11.6 Å². The second kappa shape index (κ2) is 10.7. The monoisotopic (exact) mass is 489 g/mol. The molecule has 0 radical (unpaired) electrons. The van der Waals surface area contributed by atoms with Crippen LogP contribution in [0.2, 0.25) is 5.02 Å². The average Bonchev–Trinajstić information content (AvgIpc) is 3.12. The fourth-order valence-electron chi connectivity index (χ4n) is 4.45. The number of carbonyl (C=O) groups excluding carboxylic acids is 3. The van der Waals surface area contributed by atoms with Crippen molar-refractivity contribution >= 4 is 29.4 Å². The Labute approximate surface area is 210 Å². The third-order valence-corrected chi connectivity index (χ3v) is 6.54. The molecule has 35 heavy (non-hydrogen) atoms. The van der Waals surface area contributed by atoms with Crippen molar-refractivity contribution in [2.75, 3.05) is 6.54 Å². The molecule has 3 aromatic rings. The summed E-state index contributed by atoms with van der Waals surface area (Å²) in [5, 5.41) is 6.47. The van der Waals surface area contributed by atoms with Gasteiger partial charge in [-0.15, -0.1) is 0 Å². The first-order valence-corrected chi connectivity index (χ1v) is 12.1. The largest absolute Gasteiger partial charge is 0.344 e. The Kier molecular flexibility index (Phi) is 7.51. The zero-order valence-corrected chi connectivity index (χ0v) is 20.3. The van der Waals surface area contributed by atoms with Crippen molar-refractivity contribution in [2.45, 2.75) is 37.8 Å². The number of carbonyl (C=O) groups is 3. The van der Waals surface area contributed by atoms with Crippen LogP contribution in [0.15, 0.2) is 84.9 Å². The van der Waals surface area contributed by atoms with Gasteiger partial charge >= 0.3 is 6.03 Å². The number of hydrogen-bond donors (Lipinski definition) is 2. The van der Waals surface area contributed by atoms with E-state index < -0.39 is 29.4 Å². The highest BCUT2D eigenvalue weighted by atomic mass is 35.5. The molecule has 1 aliphatic rings. The van der Waals surface area contributed by atoms with Gasteiger partial charge in [-0.05, 0) is 35.2 Å². The summed E-state index contributed by atoms with van der Waals surface area (Å²) >= 11 is 6.05. The number of unbranched alkanes of at least 4 members (excludes halogenated alkanes) is 1. The maximum atomic E-state index is 13.6. The molecular formula is C28H28ClN3O3. The number of hydrogen-bond acceptors (Lipinski definition) is 3. The Morgan fingerprint density at radius 2 is 1.54 bits per heavy atom. The lowest BCUT2D eigenvalue weighted by Crippen LogP contribution is -2.45. The van der Waals surface area contributed by atoms with Crippen LogP contribution in [-0.4, -0.2) is 29.3 Å². The average molecular weight is 490 g/mol. The quantitative estimate of drug-likeness (QED) is 0.406. The molecule has 3 aromatic carbocycles. The lowest BCUT2D eigenvalue weighted by atomic mass is 9.85. The van der Waals surface area contributed by atoms with E-state index in [0.29, 0.717) is 11.4 Å². The second-order valence-corrected chi connectivity index (χ2v) is 9.10. The Morgan fingerprint density at radius 1 is 0.943 bits per heavy atom. The summed E-state index contributed by atoms with van der Waals surface area (Å²) in [6, 6.07) is 24.9. The van der Waals surface area contributed by atoms with Crippen molar-refractivity contribution < 1.29 is 14.4 Å². The van der Waals surface area contributed by atoms with E-state index in [4.69, 9.17) is 11.6 Å². The fourth-order valence-corrected chi connectivity index (χ4v) is 4.58. The van der Waals surface area contributed by atoms with E-state index in [9.17, 15) is 14.4 Å². The molecule has 2 N–H and O–H groups in total. The highest BCUT2D eigenvalue weighted by Gasteiger charge is 2.52. The minimum Gasteiger partial charge on any atom is -0.344 e. The van der Waals surface area contributed by atoms with E-state index in [-0.39, 0.29) is 6.54 Å². The van der Waals surface area contributed by atoms with Crippen molar-refractivity contribution in [2.24, 2.45) is 0 Å². The molecule has 0 aromatic heterocycles. The molecule has 7 heteroatoms. The van der Waals surface area contributed by atoms with Crippen LogP contribution in [0.25, 0.3) is 0 Å². The number of amides is 4. The topological polar surface area (TPSA) is 78.5 Å². The first-order chi connectivity index (χ1) is 16.9. The lowest BCUT2D eigenvalue weighted by molar-refractivity contribution is -0.135. The number of imide groups is 1. The van der Waals surface area contributed by atoms with Gasteiger partial charge < -0.3 is 10.6 Å². The standard InChI is InChI=1S/C28H28ClN3O3/c1-2-3-18-28(22-12-8-5-9-13-22)26(34)32(27(35)31-28)19-24(33)30-25(20-10-6-4-7-11-20)21-14-16-23(29)17-15-21/h4-17,25H,2-3,18-19H2,1H3,(H,30,33)(H,31,35). The Bertz CT molecular complexity index is 1190. The number of urea groups is 1. The van der Waals surface area contributed by atoms with E-state index in [2.05, 4.69) is 10.6 Å². The van der Waals surface area contributed by atoms with Crippen LogP contribution in [0.5, 0.6) is 0 Å². The highest BCUT2D eigenvalue weighted by Crippen LogP contribution is 2.34. The maximum Gasteiger partial charge on any atom is 0.325 e. The van der Waals surface area contributed by atoms with Gasteiger partial charge in [0, 0.05) is 5.02 Å². The first kappa shape index (κ1) is 24.5. The van der Waals surface area contributed by atoms with Crippen molar-refractivity contribution in [3.8, 4) is 0 Å². The summed E-state index contributed by atoms with van der Waals surface area (Å²) in [6.45, 7) is 1.66. The zero-order chi connectivity index (χ0) is 24.8. The van der Waals surface area contributed by atoms with Crippen molar-refractivity contribution in [3.05, 3.63) is 107 Å². The van der Waals surface area contributed by atoms with Crippen LogP contribution < -0.4 is 10.6 Å². The molecule has 1 fully saturated rings. The molecule has 0 aliphatic carbocycles. The van der Waals surface area contributed by atoms with Crippen LogP contribution in [0, 0.1) is 0 Å². The van der Waals surface area contributed by atoms with E-state index in [1.807, 2.05) is 79.7 Å². The summed E-state index contributed by atoms with van der Waals surface area (Å²) in [6.07, 6.45) is 2.10. The highest BCUT2D eigenvalue weighted by molar-refractivity contribution is 6.30. The van der Waals surface area contributed by atoms with E-state index in [0.717, 1.165) is 34.4 Å². The number of nitrogens with zero attached hydrogens (tertiary/aromatic N) is 1. The van der Waals surface area contributed by atoms with Crippen LogP contribution in [0.3, 0.4) is 0 Å². The molecule has 0 spiro atoms. The summed E-state index contributed by atoms with van der Waals surface area (Å²) in [5.41, 5.74) is 1.27. The Morgan fingerprint density at radius 3 is 2.17 bits per heavy atom. The molecule has 2 unspecified atom stereocenters. The van der Waals surface area contributed by atoms with E-state index in [1.165, 1.54) is 0 Å². The predicted molar refractivity (Wildman–Crippen MR) is 136 cm³/mol. The normalized spacial score (nSPS) is 18.3. The number of rotatable bonds is 9. The van der Waals surface area contributed by atoms with Crippen molar-refractivity contribution in [1.82, 2.24) is 15.5 Å². The number of halogens is 1. The molecular weight excluding hydrogens is 462 g/mol. The second-order valence-electron chi connectivity index (χ2n) is 8.66. The predicted octanol–water partition coefficient (Wildman–Crippen LogP) is 5.18. The van der Waals surface area contributed by atoms with Gasteiger partial charge in [-0.1, -0.05) is 104 Å². The summed E-state index contributed by atoms with van der Waals surface area (Å²) in [7, 11) is 0. The molecule has 4 amide bonds. The lowest BCUT2D eigenvalue weighted by Gasteiger charge is -2.27. The third kappa shape index (κ3) is 5.23. The van der Waals surface area contributed by atoms with E-state index in [1.54, 1.807) is 12.1 Å². The molecule has 1 aliphatic heterocycles. The van der Waals surface area contributed by atoms with Crippen LogP contribution in [0.4, 0.5) is 4.79 Å². The third-order valence-electron chi connectivity index (χ3n) is 6.29. The number of nitrogens with one attached hydrogen (secondary N) is 2. The molecule has 4 rings (SSSR count). The first-order valence-electron chi connectivity index (χ1n) is 11.7. The number of benzene rings is 3. The van der Waals surface area contributed by atoms with Gasteiger partial charge in [-0.25, -0.2) is 4.79 Å². The van der Waals surface area contributed by atoms with Gasteiger partial charge in [0.1, 0.15) is 12.1 Å². The van der Waals surface area contributed by atoms with E-state index >= 15 is 0 Å². The smallest absolute Gasteiger partial charge is 0.325 e. The SMILES string of the molecule is CCCCC1(c2ccccc2)NC(=O)N(CC(=O)NC(c2ccccc2)c2ccc(Cl)cc2)C1=O. The van der Waals surface area contributed by atoms with Gasteiger partial charge in [0.2, 0.25) is 5.91 Å². The minimum atomic E-state index is -1.16. The van der Waals surface area contributed by atoms with Crippen LogP contribution in [-0.2, 0) is 15.1 Å². The molecule has 2 atom stereocenters. The summed E-state index contributed by atoms with van der Waals surface area (Å²) in [4.78, 5) is 40.7. The summed E-state index contributed by atoms with van der Waals surface area (Å²) < 4.78 is 0. The maximum absolute atomic E-state index is 13.6. The van der Waals surface area contributed by atoms with Gasteiger partial charge in [-0.2, -0.15) is 0 Å². The fraction of sp³-hybridized carbons (Fsp3) is 0.250. The molecule has 1 saturated heterocycles. The van der Waals surface area contributed by atoms with Crippen molar-refractivity contribution in [1.29, 1.82) is 0 Å². The minimum absolute atomic E-state index is 0.373. The van der Waals surface area contributed by atoms with Gasteiger partial charge in [0.05, 0.1) is 6.04 Å². The Balaban J connectivity index is 1.57. The van der Waals surface area contributed by atoms with Gasteiger partial charge in [-0.3, -0.25) is 14.5 Å². The molecule has 0 bridgehead atoms. The molecule has 0 saturated carbocycles. The molecule has 180 valence electrons. The zero-order valence-electron chi connectivity index (χ0n) is 19.5. The molecule has 1 heterocycles. The van der Waals surface area contributed by atoms with Gasteiger partial charge in [0.15, 0.2) is 0 Å². The summed E-state index contributed by atoms with van der Waals surface area (Å²) in [5.74, 6) is -0.836.